The highest BCUT2D eigenvalue weighted by Gasteiger charge is 2.24. The van der Waals surface area contributed by atoms with Gasteiger partial charge in [0.1, 0.15) is 0 Å². The van der Waals surface area contributed by atoms with Crippen LogP contribution in [0.5, 0.6) is 0 Å². The third-order valence-corrected chi connectivity index (χ3v) is 6.64. The fourth-order valence-electron chi connectivity index (χ4n) is 3.93. The molecular formula is C26H23N5O2S. The quantitative estimate of drug-likeness (QED) is 0.396. The van der Waals surface area contributed by atoms with Crippen LogP contribution in [-0.2, 0) is 13.0 Å². The van der Waals surface area contributed by atoms with Crippen molar-refractivity contribution in [3.63, 3.8) is 0 Å². The van der Waals surface area contributed by atoms with E-state index >= 15 is 0 Å². The van der Waals surface area contributed by atoms with Gasteiger partial charge in [0.15, 0.2) is 0 Å². The maximum atomic E-state index is 13.6. The average Bonchev–Trinajstić information content (AvgIpc) is 3.51. The molecule has 0 unspecified atom stereocenters. The van der Waals surface area contributed by atoms with Crippen LogP contribution >= 0.6 is 11.3 Å². The lowest BCUT2D eigenvalue weighted by Crippen LogP contribution is -2.32. The van der Waals surface area contributed by atoms with Gasteiger partial charge in [-0.05, 0) is 42.5 Å². The van der Waals surface area contributed by atoms with Crippen LogP contribution in [0.2, 0.25) is 0 Å². The van der Waals surface area contributed by atoms with E-state index in [2.05, 4.69) is 15.1 Å². The molecule has 3 heterocycles. The number of aryl methyl sites for hydroxylation is 2. The van der Waals surface area contributed by atoms with Gasteiger partial charge in [-0.2, -0.15) is 9.50 Å². The molecule has 0 bridgehead atoms. The third-order valence-electron chi connectivity index (χ3n) is 5.78. The Hall–Kier alpha value is -4.04. The number of fused-ring (bicyclic) bond motifs is 1. The van der Waals surface area contributed by atoms with E-state index in [1.54, 1.807) is 22.3 Å². The number of hydrogen-bond acceptors (Lipinski definition) is 5. The topological polar surface area (TPSA) is 83.4 Å². The fourth-order valence-corrected chi connectivity index (χ4v) is 4.62. The molecule has 5 aromatic rings. The Morgan fingerprint density at radius 1 is 1.00 bits per heavy atom. The first kappa shape index (κ1) is 21.8. The summed E-state index contributed by atoms with van der Waals surface area (Å²) in [4.78, 5) is 38.6. The summed E-state index contributed by atoms with van der Waals surface area (Å²) in [6.07, 6.45) is 0.469. The van der Waals surface area contributed by atoms with Gasteiger partial charge >= 0.3 is 0 Å². The number of anilines is 1. The summed E-state index contributed by atoms with van der Waals surface area (Å²) < 4.78 is 1.33. The second kappa shape index (κ2) is 9.07. The zero-order valence-electron chi connectivity index (χ0n) is 18.9. The van der Waals surface area contributed by atoms with Crippen molar-refractivity contribution in [1.82, 2.24) is 19.6 Å². The van der Waals surface area contributed by atoms with Crippen molar-refractivity contribution in [2.24, 2.45) is 0 Å². The highest BCUT2D eigenvalue weighted by atomic mass is 32.1. The van der Waals surface area contributed by atoms with E-state index < -0.39 is 0 Å². The number of hydrogen-bond donors (Lipinski definition) is 1. The monoisotopic (exact) mass is 469 g/mol. The lowest BCUT2D eigenvalue weighted by molar-refractivity contribution is 0.0983. The highest BCUT2D eigenvalue weighted by molar-refractivity contribution is 7.09. The molecule has 0 atom stereocenters. The number of rotatable bonds is 6. The Bertz CT molecular complexity index is 1520. The molecule has 7 nitrogen and oxygen atoms in total. The fraction of sp³-hybridized carbons (Fsp3) is 0.154. The summed E-state index contributed by atoms with van der Waals surface area (Å²) in [6.45, 7) is 4.05. The van der Waals surface area contributed by atoms with Gasteiger partial charge in [-0.25, -0.2) is 4.98 Å². The minimum atomic E-state index is -0.218. The van der Waals surface area contributed by atoms with Crippen LogP contribution in [0.3, 0.4) is 0 Å². The number of nitrogens with zero attached hydrogens (tertiary/aromatic N) is 4. The van der Waals surface area contributed by atoms with Gasteiger partial charge in [-0.3, -0.25) is 19.6 Å². The smallest absolute Gasteiger partial charge is 0.272 e. The first-order valence-corrected chi connectivity index (χ1v) is 11.8. The maximum absolute atomic E-state index is 13.6. The molecule has 34 heavy (non-hydrogen) atoms. The van der Waals surface area contributed by atoms with Crippen molar-refractivity contribution in [2.45, 2.75) is 26.8 Å². The Morgan fingerprint density at radius 3 is 2.50 bits per heavy atom. The minimum absolute atomic E-state index is 0.195. The number of benzene rings is 2. The van der Waals surface area contributed by atoms with Gasteiger partial charge in [0, 0.05) is 22.4 Å². The number of aromatic nitrogens is 4. The summed E-state index contributed by atoms with van der Waals surface area (Å²) in [5.74, 6) is 0.324. The normalized spacial score (nSPS) is 11.1. The lowest BCUT2D eigenvalue weighted by atomic mass is 10.1. The number of amides is 1. The molecule has 1 amide bonds. The van der Waals surface area contributed by atoms with Gasteiger partial charge in [-0.1, -0.05) is 54.6 Å². The van der Waals surface area contributed by atoms with Gasteiger partial charge in [0.25, 0.3) is 17.2 Å². The molecule has 0 saturated carbocycles. The van der Waals surface area contributed by atoms with E-state index in [0.717, 1.165) is 16.0 Å². The standard InChI is InChI=1S/C26H23N5O2S/c1-17-9-6-7-13-21(17)23(32)30(16-20-12-8-14-34-20)26-28-25-27-18(2)22(24(33)31(25)29-26)15-19-10-4-3-5-11-19/h3-14H,15-16H2,1-2H3,(H,27,28,29). The predicted molar refractivity (Wildman–Crippen MR) is 134 cm³/mol. The highest BCUT2D eigenvalue weighted by Crippen LogP contribution is 2.21. The number of nitrogens with one attached hydrogen (secondary N) is 1. The first-order valence-electron chi connectivity index (χ1n) is 10.9. The van der Waals surface area contributed by atoms with Crippen molar-refractivity contribution in [3.05, 3.63) is 115 Å². The van der Waals surface area contributed by atoms with Crippen molar-refractivity contribution < 1.29 is 4.79 Å². The summed E-state index contributed by atoms with van der Waals surface area (Å²) in [5, 5.41) is 5.01. The van der Waals surface area contributed by atoms with Crippen molar-refractivity contribution in [2.75, 3.05) is 4.90 Å². The molecule has 1 N–H and O–H groups in total. The van der Waals surface area contributed by atoms with E-state index in [-0.39, 0.29) is 23.2 Å². The molecule has 170 valence electrons. The molecule has 0 aliphatic carbocycles. The zero-order valence-corrected chi connectivity index (χ0v) is 19.7. The van der Waals surface area contributed by atoms with Gasteiger partial charge in [-0.15, -0.1) is 11.3 Å². The van der Waals surface area contributed by atoms with E-state index in [0.29, 0.717) is 29.8 Å². The number of H-pyrrole nitrogens is 1. The SMILES string of the molecule is Cc1ccccc1C(=O)N(Cc1cccs1)c1nc2nc(C)c(Cc3ccccc3)c(=O)n2[nH]1. The minimum Gasteiger partial charge on any atom is -0.272 e. The van der Waals surface area contributed by atoms with Crippen molar-refractivity contribution >= 4 is 29.0 Å². The van der Waals surface area contributed by atoms with Gasteiger partial charge < -0.3 is 0 Å². The number of carbonyl (C=O) groups is 1. The molecule has 8 heteroatoms. The number of carbonyl (C=O) groups excluding carboxylic acids is 1. The summed E-state index contributed by atoms with van der Waals surface area (Å²) in [6, 6.07) is 21.2. The molecule has 0 aliphatic heterocycles. The second-order valence-electron chi connectivity index (χ2n) is 8.11. The van der Waals surface area contributed by atoms with Crippen molar-refractivity contribution in [1.29, 1.82) is 0 Å². The first-order chi connectivity index (χ1) is 16.5. The predicted octanol–water partition coefficient (Wildman–Crippen LogP) is 4.53. The zero-order chi connectivity index (χ0) is 23.7. The molecule has 0 aliphatic rings. The number of aromatic amines is 1. The van der Waals surface area contributed by atoms with Crippen LogP contribution in [-0.4, -0.2) is 25.5 Å². The summed E-state index contributed by atoms with van der Waals surface area (Å²) in [5.41, 5.74) is 3.48. The largest absolute Gasteiger partial charge is 0.277 e. The van der Waals surface area contributed by atoms with Crippen LogP contribution in [0.4, 0.5) is 5.95 Å². The van der Waals surface area contributed by atoms with Crippen molar-refractivity contribution in [3.8, 4) is 0 Å². The third kappa shape index (κ3) is 4.15. The molecule has 5 rings (SSSR count). The Kier molecular flexibility index (Phi) is 5.81. The van der Waals surface area contributed by atoms with E-state index in [4.69, 9.17) is 0 Å². The van der Waals surface area contributed by atoms with Crippen LogP contribution in [0.15, 0.2) is 76.9 Å². The number of thiophene rings is 1. The second-order valence-corrected chi connectivity index (χ2v) is 9.14. The molecule has 3 aromatic heterocycles. The molecule has 0 spiro atoms. The summed E-state index contributed by atoms with van der Waals surface area (Å²) >= 11 is 1.56. The molecule has 0 radical (unpaired) electrons. The Morgan fingerprint density at radius 2 is 1.76 bits per heavy atom. The van der Waals surface area contributed by atoms with Crippen LogP contribution < -0.4 is 10.5 Å². The molecule has 2 aromatic carbocycles. The molecule has 0 fully saturated rings. The molecular weight excluding hydrogens is 446 g/mol. The van der Waals surface area contributed by atoms with E-state index in [1.807, 2.05) is 79.9 Å². The van der Waals surface area contributed by atoms with Crippen LogP contribution in [0, 0.1) is 13.8 Å². The average molecular weight is 470 g/mol. The van der Waals surface area contributed by atoms with E-state index in [9.17, 15) is 9.59 Å². The van der Waals surface area contributed by atoms with Crippen LogP contribution in [0.1, 0.15) is 37.6 Å². The van der Waals surface area contributed by atoms with Gasteiger partial charge in [0.05, 0.1) is 12.2 Å². The lowest BCUT2D eigenvalue weighted by Gasteiger charge is -2.20. The molecule has 0 saturated heterocycles. The van der Waals surface area contributed by atoms with Gasteiger partial charge in [0.2, 0.25) is 5.95 Å². The van der Waals surface area contributed by atoms with Crippen LogP contribution in [0.25, 0.3) is 5.78 Å². The maximum Gasteiger partial charge on any atom is 0.277 e. The Labute approximate surface area is 200 Å². The van der Waals surface area contributed by atoms with E-state index in [1.165, 1.54) is 4.52 Å². The summed E-state index contributed by atoms with van der Waals surface area (Å²) in [7, 11) is 0. The Balaban J connectivity index is 1.59.